The Balaban J connectivity index is 1.53. The molecule has 1 aliphatic rings. The molecule has 4 rings (SSSR count). The molecule has 1 aromatic heterocycles. The maximum absolute atomic E-state index is 12.4. The number of nitrogens with one attached hydrogen (secondary N) is 2. The molecule has 1 fully saturated rings. The highest BCUT2D eigenvalue weighted by Gasteiger charge is 2.29. The molecule has 2 aromatic carbocycles. The van der Waals surface area contributed by atoms with Crippen LogP contribution < -0.4 is 10.0 Å². The van der Waals surface area contributed by atoms with E-state index >= 15 is 0 Å². The first-order chi connectivity index (χ1) is 13.7. The summed E-state index contributed by atoms with van der Waals surface area (Å²) >= 11 is 1.12. The highest BCUT2D eigenvalue weighted by atomic mass is 32.2. The number of aromatic nitrogens is 1. The third kappa shape index (κ3) is 4.41. The second-order valence-electron chi connectivity index (χ2n) is 6.69. The number of sulfone groups is 1. The van der Waals surface area contributed by atoms with E-state index in [4.69, 9.17) is 0 Å². The Morgan fingerprint density at radius 2 is 1.90 bits per heavy atom. The molecule has 152 valence electrons. The molecule has 0 spiro atoms. The van der Waals surface area contributed by atoms with Gasteiger partial charge in [0.05, 0.1) is 26.6 Å². The number of sulfonamides is 1. The molecule has 0 saturated carbocycles. The Morgan fingerprint density at radius 1 is 1.14 bits per heavy atom. The molecule has 1 atom stereocenters. The number of thiazole rings is 1. The van der Waals surface area contributed by atoms with Gasteiger partial charge in [-0.3, -0.25) is 9.52 Å². The van der Waals surface area contributed by atoms with E-state index in [0.717, 1.165) is 11.3 Å². The number of carbonyl (C=O) groups is 1. The van der Waals surface area contributed by atoms with Crippen molar-refractivity contribution in [3.8, 4) is 0 Å². The number of anilines is 1. The first-order valence-corrected chi connectivity index (χ1v) is 12.8. The highest BCUT2D eigenvalue weighted by Crippen LogP contribution is 2.28. The third-order valence-electron chi connectivity index (χ3n) is 4.49. The summed E-state index contributed by atoms with van der Waals surface area (Å²) in [5, 5.41) is 2.93. The fourth-order valence-corrected chi connectivity index (χ4v) is 6.90. The number of amides is 1. The molecular formula is C18H17N3O5S3. The predicted octanol–water partition coefficient (Wildman–Crippen LogP) is 2.01. The van der Waals surface area contributed by atoms with Gasteiger partial charge in [-0.05, 0) is 36.8 Å². The van der Waals surface area contributed by atoms with Crippen molar-refractivity contribution in [1.29, 1.82) is 0 Å². The fraction of sp³-hybridized carbons (Fsp3) is 0.222. The molecule has 11 heteroatoms. The maximum Gasteiger partial charge on any atom is 0.263 e. The number of hydrogen-bond acceptors (Lipinski definition) is 7. The largest absolute Gasteiger partial charge is 0.348 e. The van der Waals surface area contributed by atoms with E-state index in [9.17, 15) is 21.6 Å². The van der Waals surface area contributed by atoms with Crippen molar-refractivity contribution >= 4 is 52.5 Å². The zero-order valence-electron chi connectivity index (χ0n) is 15.0. The fourth-order valence-electron chi connectivity index (χ4n) is 3.06. The minimum Gasteiger partial charge on any atom is -0.348 e. The summed E-state index contributed by atoms with van der Waals surface area (Å²) in [4.78, 5) is 16.8. The molecule has 0 bridgehead atoms. The van der Waals surface area contributed by atoms with Gasteiger partial charge in [0.25, 0.3) is 15.9 Å². The van der Waals surface area contributed by atoms with Gasteiger partial charge in [-0.15, -0.1) is 0 Å². The lowest BCUT2D eigenvalue weighted by atomic mass is 10.2. The topological polar surface area (TPSA) is 122 Å². The molecule has 1 saturated heterocycles. The van der Waals surface area contributed by atoms with E-state index in [1.165, 1.54) is 12.1 Å². The molecule has 29 heavy (non-hydrogen) atoms. The van der Waals surface area contributed by atoms with Crippen molar-refractivity contribution in [3.05, 3.63) is 54.1 Å². The molecule has 1 amide bonds. The van der Waals surface area contributed by atoms with Crippen molar-refractivity contribution < 1.29 is 21.6 Å². The van der Waals surface area contributed by atoms with E-state index in [2.05, 4.69) is 15.0 Å². The lowest BCUT2D eigenvalue weighted by Crippen LogP contribution is -2.35. The van der Waals surface area contributed by atoms with Gasteiger partial charge in [0, 0.05) is 11.6 Å². The maximum atomic E-state index is 12.4. The van der Waals surface area contributed by atoms with Crippen LogP contribution in [0.3, 0.4) is 0 Å². The number of fused-ring (bicyclic) bond motifs is 1. The Bertz CT molecular complexity index is 1280. The zero-order chi connectivity index (χ0) is 20.6. The van der Waals surface area contributed by atoms with E-state index in [1.807, 2.05) is 0 Å². The number of nitrogens with zero attached hydrogens (tertiary/aromatic N) is 1. The molecule has 3 aromatic rings. The Labute approximate surface area is 171 Å². The number of benzene rings is 2. The SMILES string of the molecule is O=C(N[C@H]1CCS(=O)(=O)C1)c1ccc2nc(NS(=O)(=O)c3ccccc3)sc2c1. The van der Waals surface area contributed by atoms with Gasteiger partial charge in [0.15, 0.2) is 15.0 Å². The van der Waals surface area contributed by atoms with Crippen LogP contribution in [0.4, 0.5) is 5.13 Å². The summed E-state index contributed by atoms with van der Waals surface area (Å²) in [6, 6.07) is 12.4. The molecular weight excluding hydrogens is 434 g/mol. The summed E-state index contributed by atoms with van der Waals surface area (Å²) in [6.07, 6.45) is 0.405. The third-order valence-corrected chi connectivity index (χ3v) is 8.68. The average Bonchev–Trinajstić information content (AvgIpc) is 3.22. The first-order valence-electron chi connectivity index (χ1n) is 8.72. The minimum atomic E-state index is -3.75. The first kappa shape index (κ1) is 19.8. The smallest absolute Gasteiger partial charge is 0.263 e. The lowest BCUT2D eigenvalue weighted by molar-refractivity contribution is 0.0941. The summed E-state index contributed by atoms with van der Waals surface area (Å²) in [5.74, 6) is -0.335. The molecule has 0 radical (unpaired) electrons. The van der Waals surface area contributed by atoms with Gasteiger partial charge in [0.1, 0.15) is 0 Å². The number of hydrogen-bond donors (Lipinski definition) is 2. The van der Waals surface area contributed by atoms with Gasteiger partial charge in [-0.25, -0.2) is 21.8 Å². The standard InChI is InChI=1S/C18H17N3O5S3/c22-17(19-13-8-9-28(23,24)11-13)12-6-7-15-16(10-12)27-18(20-15)21-29(25,26)14-4-2-1-3-5-14/h1-7,10,13H,8-9,11H2,(H,19,22)(H,20,21)/t13-/m0/s1. The van der Waals surface area contributed by atoms with E-state index in [0.29, 0.717) is 22.2 Å². The molecule has 2 heterocycles. The quantitative estimate of drug-likeness (QED) is 0.612. The van der Waals surface area contributed by atoms with Crippen LogP contribution >= 0.6 is 11.3 Å². The number of rotatable bonds is 5. The van der Waals surface area contributed by atoms with Gasteiger partial charge >= 0.3 is 0 Å². The molecule has 2 N–H and O–H groups in total. The Morgan fingerprint density at radius 3 is 2.59 bits per heavy atom. The molecule has 8 nitrogen and oxygen atoms in total. The van der Waals surface area contributed by atoms with Crippen molar-refractivity contribution in [1.82, 2.24) is 10.3 Å². The highest BCUT2D eigenvalue weighted by molar-refractivity contribution is 7.93. The summed E-state index contributed by atoms with van der Waals surface area (Å²) in [6.45, 7) is 0. The van der Waals surface area contributed by atoms with E-state index < -0.39 is 25.9 Å². The summed E-state index contributed by atoms with van der Waals surface area (Å²) < 4.78 is 51.1. The normalized spacial score (nSPS) is 18.6. The van der Waals surface area contributed by atoms with Crippen LogP contribution in [0.5, 0.6) is 0 Å². The van der Waals surface area contributed by atoms with Crippen LogP contribution in [0.1, 0.15) is 16.8 Å². The summed E-state index contributed by atoms with van der Waals surface area (Å²) in [7, 11) is -6.84. The molecule has 0 aliphatic carbocycles. The van der Waals surface area contributed by atoms with Gasteiger partial charge in [-0.1, -0.05) is 29.5 Å². The van der Waals surface area contributed by atoms with Crippen molar-refractivity contribution in [3.63, 3.8) is 0 Å². The van der Waals surface area contributed by atoms with Crippen LogP contribution in [0.25, 0.3) is 10.2 Å². The van der Waals surface area contributed by atoms with Gasteiger partial charge < -0.3 is 5.32 Å². The van der Waals surface area contributed by atoms with Gasteiger partial charge in [0.2, 0.25) is 0 Å². The monoisotopic (exact) mass is 451 g/mol. The van der Waals surface area contributed by atoms with E-state index in [-0.39, 0.29) is 27.4 Å². The minimum absolute atomic E-state index is 0.0487. The molecule has 0 unspecified atom stereocenters. The summed E-state index contributed by atoms with van der Waals surface area (Å²) in [5.41, 5.74) is 0.920. The molecule has 1 aliphatic heterocycles. The van der Waals surface area contributed by atoms with Crippen molar-refractivity contribution in [2.24, 2.45) is 0 Å². The zero-order valence-corrected chi connectivity index (χ0v) is 17.5. The van der Waals surface area contributed by atoms with Crippen molar-refractivity contribution in [2.75, 3.05) is 16.2 Å². The van der Waals surface area contributed by atoms with Crippen molar-refractivity contribution in [2.45, 2.75) is 17.4 Å². The van der Waals surface area contributed by atoms with Gasteiger partial charge in [-0.2, -0.15) is 0 Å². The van der Waals surface area contributed by atoms with Crippen LogP contribution in [0, 0.1) is 0 Å². The Hall–Kier alpha value is -2.50. The van der Waals surface area contributed by atoms with Crippen LogP contribution in [0.15, 0.2) is 53.4 Å². The van der Waals surface area contributed by atoms with E-state index in [1.54, 1.807) is 36.4 Å². The second kappa shape index (κ2) is 7.39. The lowest BCUT2D eigenvalue weighted by Gasteiger charge is -2.10. The number of carbonyl (C=O) groups excluding carboxylic acids is 1. The Kier molecular flexibility index (Phi) is 5.05. The van der Waals surface area contributed by atoms with Crippen LogP contribution in [-0.2, 0) is 19.9 Å². The second-order valence-corrected chi connectivity index (χ2v) is 11.6. The average molecular weight is 452 g/mol. The van der Waals surface area contributed by atoms with Crippen LogP contribution in [0.2, 0.25) is 0 Å². The van der Waals surface area contributed by atoms with Crippen LogP contribution in [-0.4, -0.2) is 45.3 Å². The predicted molar refractivity (Wildman–Crippen MR) is 111 cm³/mol.